The first-order chi connectivity index (χ1) is 9.34. The summed E-state index contributed by atoms with van der Waals surface area (Å²) in [5.74, 6) is 0.255. The van der Waals surface area contributed by atoms with E-state index in [1.807, 2.05) is 13.8 Å². The van der Waals surface area contributed by atoms with Crippen LogP contribution in [0.1, 0.15) is 19.4 Å². The number of hydrogen-bond donors (Lipinski definition) is 0. The van der Waals surface area contributed by atoms with Crippen molar-refractivity contribution in [3.05, 3.63) is 28.8 Å². The third kappa shape index (κ3) is 3.28. The Morgan fingerprint density at radius 3 is 2.40 bits per heavy atom. The van der Waals surface area contributed by atoms with Crippen LogP contribution in [0.3, 0.4) is 0 Å². The lowest BCUT2D eigenvalue weighted by Gasteiger charge is -2.34. The normalized spacial score (nSPS) is 24.8. The summed E-state index contributed by atoms with van der Waals surface area (Å²) in [5, 5.41) is 0.371. The highest BCUT2D eigenvalue weighted by Crippen LogP contribution is 2.26. The van der Waals surface area contributed by atoms with Crippen LogP contribution in [0.25, 0.3) is 0 Å². The van der Waals surface area contributed by atoms with E-state index in [0.717, 1.165) is 5.56 Å². The van der Waals surface area contributed by atoms with Gasteiger partial charge in [-0.3, -0.25) is 0 Å². The molecule has 0 N–H and O–H groups in total. The summed E-state index contributed by atoms with van der Waals surface area (Å²) in [6, 6.07) is 4.65. The molecule has 112 valence electrons. The number of hydrogen-bond acceptors (Lipinski definition) is 3. The van der Waals surface area contributed by atoms with E-state index < -0.39 is 10.0 Å². The molecule has 0 spiro atoms. The molecule has 1 aromatic carbocycles. The Hall–Kier alpha value is -0.330. The molecule has 2 atom stereocenters. The average Bonchev–Trinajstić information content (AvgIpc) is 2.37. The minimum atomic E-state index is -3.55. The highest BCUT2D eigenvalue weighted by atomic mass is 35.5. The van der Waals surface area contributed by atoms with Gasteiger partial charge in [0.15, 0.2) is 0 Å². The lowest BCUT2D eigenvalue weighted by Crippen LogP contribution is -2.48. The fourth-order valence-electron chi connectivity index (χ4n) is 2.27. The Kier molecular flexibility index (Phi) is 4.97. The monoisotopic (exact) mass is 337 g/mol. The van der Waals surface area contributed by atoms with Gasteiger partial charge in [0.2, 0.25) is 10.0 Å². The Labute approximate surface area is 129 Å². The van der Waals surface area contributed by atoms with E-state index in [0.29, 0.717) is 18.1 Å². The molecule has 0 amide bonds. The maximum Gasteiger partial charge on any atom is 0.243 e. The summed E-state index contributed by atoms with van der Waals surface area (Å²) >= 11 is 11.8. The van der Waals surface area contributed by atoms with Gasteiger partial charge in [-0.15, -0.1) is 11.6 Å². The number of sulfonamides is 1. The van der Waals surface area contributed by atoms with Crippen LogP contribution in [-0.4, -0.2) is 38.0 Å². The average molecular weight is 338 g/mol. The zero-order valence-electron chi connectivity index (χ0n) is 11.3. The maximum absolute atomic E-state index is 12.6. The summed E-state index contributed by atoms with van der Waals surface area (Å²) in [5.41, 5.74) is 0.719. The van der Waals surface area contributed by atoms with Gasteiger partial charge in [-0.25, -0.2) is 8.42 Å². The number of halogens is 2. The van der Waals surface area contributed by atoms with E-state index in [1.165, 1.54) is 10.4 Å². The molecule has 1 fully saturated rings. The number of rotatable bonds is 3. The molecule has 1 aliphatic rings. The summed E-state index contributed by atoms with van der Waals surface area (Å²) in [6.45, 7) is 4.42. The van der Waals surface area contributed by atoms with Crippen LogP contribution in [0, 0.1) is 0 Å². The molecule has 1 heterocycles. The molecule has 2 rings (SSSR count). The van der Waals surface area contributed by atoms with Crippen LogP contribution in [0.4, 0.5) is 0 Å². The predicted molar refractivity (Wildman–Crippen MR) is 79.8 cm³/mol. The maximum atomic E-state index is 12.6. The van der Waals surface area contributed by atoms with Gasteiger partial charge in [0.1, 0.15) is 0 Å². The third-order valence-corrected chi connectivity index (χ3v) is 5.66. The smallest absolute Gasteiger partial charge is 0.243 e. The molecule has 20 heavy (non-hydrogen) atoms. The number of benzene rings is 1. The van der Waals surface area contributed by atoms with Gasteiger partial charge in [-0.2, -0.15) is 4.31 Å². The molecule has 1 aromatic rings. The molecule has 7 heteroatoms. The second-order valence-electron chi connectivity index (χ2n) is 4.97. The molecule has 0 unspecified atom stereocenters. The van der Waals surface area contributed by atoms with Crippen molar-refractivity contribution in [3.63, 3.8) is 0 Å². The summed E-state index contributed by atoms with van der Waals surface area (Å²) in [6.07, 6.45) is -0.239. The second kappa shape index (κ2) is 6.20. The lowest BCUT2D eigenvalue weighted by atomic mass is 10.2. The first-order valence-corrected chi connectivity index (χ1v) is 8.70. The van der Waals surface area contributed by atoms with Crippen LogP contribution in [0.15, 0.2) is 23.1 Å². The molecule has 4 nitrogen and oxygen atoms in total. The van der Waals surface area contributed by atoms with Gasteiger partial charge < -0.3 is 4.74 Å². The number of morpholine rings is 1. The van der Waals surface area contributed by atoms with E-state index in [-0.39, 0.29) is 23.0 Å². The Bertz CT molecular complexity index is 581. The molecular formula is C13H17Cl2NO3S. The number of ether oxygens (including phenoxy) is 1. The van der Waals surface area contributed by atoms with Gasteiger partial charge in [-0.1, -0.05) is 17.7 Å². The van der Waals surface area contributed by atoms with Crippen molar-refractivity contribution in [1.29, 1.82) is 0 Å². The van der Waals surface area contributed by atoms with E-state index in [1.54, 1.807) is 12.1 Å². The molecule has 1 saturated heterocycles. The summed E-state index contributed by atoms with van der Waals surface area (Å²) in [7, 11) is -3.55. The van der Waals surface area contributed by atoms with Gasteiger partial charge in [0.05, 0.1) is 17.1 Å². The van der Waals surface area contributed by atoms with Crippen molar-refractivity contribution in [2.75, 3.05) is 13.1 Å². The summed E-state index contributed by atoms with van der Waals surface area (Å²) in [4.78, 5) is 0.192. The fourth-order valence-corrected chi connectivity index (χ4v) is 4.50. The lowest BCUT2D eigenvalue weighted by molar-refractivity contribution is -0.0440. The van der Waals surface area contributed by atoms with E-state index in [9.17, 15) is 8.42 Å². The van der Waals surface area contributed by atoms with Crippen LogP contribution in [-0.2, 0) is 20.6 Å². The second-order valence-corrected chi connectivity index (χ2v) is 7.58. The van der Waals surface area contributed by atoms with E-state index in [4.69, 9.17) is 27.9 Å². The highest BCUT2D eigenvalue weighted by Gasteiger charge is 2.32. The van der Waals surface area contributed by atoms with Crippen LogP contribution in [0.2, 0.25) is 5.02 Å². The molecule has 1 aliphatic heterocycles. The molecule has 0 radical (unpaired) electrons. The van der Waals surface area contributed by atoms with Gasteiger partial charge >= 0.3 is 0 Å². The standard InChI is InChI=1S/C13H17Cl2NO3S/c1-9-7-16(8-10(2)19-9)20(17,18)12-4-3-11(6-14)13(15)5-12/h3-5,9-10H,6-8H2,1-2H3/t9-,10+. The van der Waals surface area contributed by atoms with Crippen molar-refractivity contribution >= 4 is 33.2 Å². The predicted octanol–water partition coefficient (Wildman–Crippen LogP) is 2.88. The minimum absolute atomic E-state index is 0.119. The highest BCUT2D eigenvalue weighted by molar-refractivity contribution is 7.89. The fraction of sp³-hybridized carbons (Fsp3) is 0.538. The molecule has 0 aromatic heterocycles. The topological polar surface area (TPSA) is 46.6 Å². The first kappa shape index (κ1) is 16.0. The minimum Gasteiger partial charge on any atom is -0.373 e. The molecule has 0 aliphatic carbocycles. The Balaban J connectivity index is 2.32. The van der Waals surface area contributed by atoms with Crippen molar-refractivity contribution in [2.24, 2.45) is 0 Å². The van der Waals surface area contributed by atoms with E-state index in [2.05, 4.69) is 0 Å². The van der Waals surface area contributed by atoms with Crippen LogP contribution < -0.4 is 0 Å². The van der Waals surface area contributed by atoms with Gasteiger partial charge in [0.25, 0.3) is 0 Å². The summed E-state index contributed by atoms with van der Waals surface area (Å²) < 4.78 is 32.2. The van der Waals surface area contributed by atoms with Gasteiger partial charge in [-0.05, 0) is 31.5 Å². The van der Waals surface area contributed by atoms with Crippen LogP contribution in [0.5, 0.6) is 0 Å². The quantitative estimate of drug-likeness (QED) is 0.796. The van der Waals surface area contributed by atoms with Crippen molar-refractivity contribution in [3.8, 4) is 0 Å². The van der Waals surface area contributed by atoms with Crippen molar-refractivity contribution in [1.82, 2.24) is 4.31 Å². The molecular weight excluding hydrogens is 321 g/mol. The van der Waals surface area contributed by atoms with Crippen LogP contribution >= 0.6 is 23.2 Å². The molecule has 0 saturated carbocycles. The third-order valence-electron chi connectivity index (χ3n) is 3.19. The zero-order chi connectivity index (χ0) is 14.9. The SMILES string of the molecule is C[C@@H]1CN(S(=O)(=O)c2ccc(CCl)c(Cl)c2)C[C@H](C)O1. The van der Waals surface area contributed by atoms with E-state index >= 15 is 0 Å². The number of nitrogens with zero attached hydrogens (tertiary/aromatic N) is 1. The largest absolute Gasteiger partial charge is 0.373 e. The Morgan fingerprint density at radius 2 is 1.90 bits per heavy atom. The van der Waals surface area contributed by atoms with Gasteiger partial charge in [0, 0.05) is 24.0 Å². The molecule has 0 bridgehead atoms. The number of alkyl halides is 1. The van der Waals surface area contributed by atoms with Crippen molar-refractivity contribution in [2.45, 2.75) is 36.8 Å². The first-order valence-electron chi connectivity index (χ1n) is 6.34. The Morgan fingerprint density at radius 1 is 1.30 bits per heavy atom. The zero-order valence-corrected chi connectivity index (χ0v) is 13.7. The van der Waals surface area contributed by atoms with Crippen molar-refractivity contribution < 1.29 is 13.2 Å².